The number of hydrogen-bond acceptors (Lipinski definition) is 5. The first-order valence-corrected chi connectivity index (χ1v) is 7.29. The summed E-state index contributed by atoms with van der Waals surface area (Å²) in [6.07, 6.45) is 1.05. The van der Waals surface area contributed by atoms with Gasteiger partial charge in [-0.15, -0.1) is 0 Å². The van der Waals surface area contributed by atoms with Crippen LogP contribution in [0.1, 0.15) is 24.9 Å². The van der Waals surface area contributed by atoms with Crippen LogP contribution in [-0.2, 0) is 9.47 Å². The van der Waals surface area contributed by atoms with Crippen LogP contribution in [0.2, 0.25) is 0 Å². The van der Waals surface area contributed by atoms with E-state index in [0.29, 0.717) is 19.8 Å². The lowest BCUT2D eigenvalue weighted by atomic mass is 10.0. The highest BCUT2D eigenvalue weighted by Crippen LogP contribution is 2.34. The number of methoxy groups -OCH3 is 3. The summed E-state index contributed by atoms with van der Waals surface area (Å²) in [4.78, 5) is 0. The Morgan fingerprint density at radius 3 is 2.24 bits per heavy atom. The molecule has 1 aromatic carbocycles. The van der Waals surface area contributed by atoms with E-state index in [2.05, 4.69) is 12.2 Å². The first kappa shape index (κ1) is 17.8. The van der Waals surface area contributed by atoms with E-state index in [0.717, 1.165) is 30.0 Å². The van der Waals surface area contributed by atoms with Gasteiger partial charge in [-0.25, -0.2) is 0 Å². The number of hydrogen-bond donors (Lipinski definition) is 1. The number of nitrogens with one attached hydrogen (secondary N) is 1. The van der Waals surface area contributed by atoms with Crippen LogP contribution in [0.15, 0.2) is 18.2 Å². The summed E-state index contributed by atoms with van der Waals surface area (Å²) in [6.45, 7) is 4.73. The summed E-state index contributed by atoms with van der Waals surface area (Å²) in [5.41, 5.74) is 0.994. The molecule has 21 heavy (non-hydrogen) atoms. The van der Waals surface area contributed by atoms with E-state index in [-0.39, 0.29) is 6.04 Å². The smallest absolute Gasteiger partial charge is 0.127 e. The van der Waals surface area contributed by atoms with Crippen LogP contribution < -0.4 is 14.8 Å². The molecule has 0 aliphatic carbocycles. The van der Waals surface area contributed by atoms with Gasteiger partial charge in [0.2, 0.25) is 0 Å². The highest BCUT2D eigenvalue weighted by molar-refractivity contribution is 5.47. The molecule has 0 heterocycles. The van der Waals surface area contributed by atoms with Gasteiger partial charge in [0.1, 0.15) is 11.5 Å². The Labute approximate surface area is 127 Å². The van der Waals surface area contributed by atoms with Gasteiger partial charge in [-0.3, -0.25) is 0 Å². The topological polar surface area (TPSA) is 49.0 Å². The molecule has 0 aliphatic heterocycles. The zero-order chi connectivity index (χ0) is 15.5. The minimum absolute atomic E-state index is 0.0212. The molecule has 0 saturated carbocycles. The average Bonchev–Trinajstić information content (AvgIpc) is 2.53. The normalized spacial score (nSPS) is 12.2. The molecule has 1 atom stereocenters. The highest BCUT2D eigenvalue weighted by atomic mass is 16.5. The van der Waals surface area contributed by atoms with Gasteiger partial charge in [-0.05, 0) is 25.1 Å². The maximum Gasteiger partial charge on any atom is 0.127 e. The molecular formula is C16H27NO4. The maximum atomic E-state index is 5.69. The fourth-order valence-corrected chi connectivity index (χ4v) is 2.13. The molecule has 0 amide bonds. The molecule has 1 N–H and O–H groups in total. The molecule has 1 aromatic rings. The van der Waals surface area contributed by atoms with Crippen LogP contribution in [0.3, 0.4) is 0 Å². The van der Waals surface area contributed by atoms with Crippen molar-refractivity contribution in [1.29, 1.82) is 0 Å². The van der Waals surface area contributed by atoms with E-state index < -0.39 is 0 Å². The molecule has 0 fully saturated rings. The van der Waals surface area contributed by atoms with Crippen LogP contribution in [0.4, 0.5) is 0 Å². The van der Waals surface area contributed by atoms with E-state index in [1.165, 1.54) is 0 Å². The molecule has 5 heteroatoms. The summed E-state index contributed by atoms with van der Waals surface area (Å²) >= 11 is 0. The summed E-state index contributed by atoms with van der Waals surface area (Å²) in [5, 5.41) is 3.49. The number of benzene rings is 1. The molecule has 1 unspecified atom stereocenters. The standard InChI is InChI=1S/C16H27NO4/c1-5-9-17-13(12-21-11-10-18-2)16-14(19-3)7-6-8-15(16)20-4/h6-8,13,17H,5,9-12H2,1-4H3. The van der Waals surface area contributed by atoms with Crippen LogP contribution in [0.25, 0.3) is 0 Å². The third-order valence-electron chi connectivity index (χ3n) is 3.17. The molecule has 0 saturated heterocycles. The van der Waals surface area contributed by atoms with Crippen molar-refractivity contribution >= 4 is 0 Å². The molecule has 120 valence electrons. The van der Waals surface area contributed by atoms with Crippen molar-refractivity contribution in [3.63, 3.8) is 0 Å². The second-order valence-electron chi connectivity index (χ2n) is 4.65. The minimum atomic E-state index is 0.0212. The van der Waals surface area contributed by atoms with Crippen molar-refractivity contribution in [3.8, 4) is 11.5 Å². The number of ether oxygens (including phenoxy) is 4. The highest BCUT2D eigenvalue weighted by Gasteiger charge is 2.20. The Morgan fingerprint density at radius 1 is 1.05 bits per heavy atom. The Bertz CT molecular complexity index is 376. The summed E-state index contributed by atoms with van der Waals surface area (Å²) < 4.78 is 21.6. The van der Waals surface area contributed by atoms with E-state index >= 15 is 0 Å². The van der Waals surface area contributed by atoms with Gasteiger partial charge in [-0.2, -0.15) is 0 Å². The van der Waals surface area contributed by atoms with Gasteiger partial charge in [-0.1, -0.05) is 13.0 Å². The van der Waals surface area contributed by atoms with Crippen molar-refractivity contribution in [2.45, 2.75) is 19.4 Å². The summed E-state index contributed by atoms with van der Waals surface area (Å²) in [5.74, 6) is 1.61. The van der Waals surface area contributed by atoms with E-state index in [1.54, 1.807) is 21.3 Å². The summed E-state index contributed by atoms with van der Waals surface area (Å²) in [6, 6.07) is 5.82. The molecule has 0 aromatic heterocycles. The Kier molecular flexibility index (Phi) is 8.82. The van der Waals surface area contributed by atoms with Crippen molar-refractivity contribution in [1.82, 2.24) is 5.32 Å². The van der Waals surface area contributed by atoms with Crippen LogP contribution in [-0.4, -0.2) is 47.7 Å². The Hall–Kier alpha value is -1.30. The van der Waals surface area contributed by atoms with Gasteiger partial charge in [0.25, 0.3) is 0 Å². The predicted octanol–water partition coefficient (Wildman–Crippen LogP) is 2.41. The average molecular weight is 297 g/mol. The lowest BCUT2D eigenvalue weighted by molar-refractivity contribution is 0.0579. The first-order chi connectivity index (χ1) is 10.3. The second kappa shape index (κ2) is 10.4. The Morgan fingerprint density at radius 2 is 1.71 bits per heavy atom. The molecule has 5 nitrogen and oxygen atoms in total. The van der Waals surface area contributed by atoms with Crippen LogP contribution in [0.5, 0.6) is 11.5 Å². The second-order valence-corrected chi connectivity index (χ2v) is 4.65. The molecule has 0 spiro atoms. The van der Waals surface area contributed by atoms with Gasteiger partial charge in [0.05, 0.1) is 45.6 Å². The third kappa shape index (κ3) is 5.53. The lowest BCUT2D eigenvalue weighted by Crippen LogP contribution is -2.27. The van der Waals surface area contributed by atoms with E-state index in [1.807, 2.05) is 18.2 Å². The van der Waals surface area contributed by atoms with Gasteiger partial charge in [0.15, 0.2) is 0 Å². The molecular weight excluding hydrogens is 270 g/mol. The van der Waals surface area contributed by atoms with Gasteiger partial charge >= 0.3 is 0 Å². The summed E-state index contributed by atoms with van der Waals surface area (Å²) in [7, 11) is 5.00. The Balaban J connectivity index is 2.89. The zero-order valence-electron chi connectivity index (χ0n) is 13.5. The first-order valence-electron chi connectivity index (χ1n) is 7.29. The lowest BCUT2D eigenvalue weighted by Gasteiger charge is -2.23. The van der Waals surface area contributed by atoms with Crippen molar-refractivity contribution in [2.75, 3.05) is 47.7 Å². The minimum Gasteiger partial charge on any atom is -0.496 e. The monoisotopic (exact) mass is 297 g/mol. The van der Waals surface area contributed by atoms with Crippen LogP contribution in [0, 0.1) is 0 Å². The van der Waals surface area contributed by atoms with E-state index in [9.17, 15) is 0 Å². The fraction of sp³-hybridized carbons (Fsp3) is 0.625. The fourth-order valence-electron chi connectivity index (χ4n) is 2.13. The third-order valence-corrected chi connectivity index (χ3v) is 3.17. The zero-order valence-corrected chi connectivity index (χ0v) is 13.5. The quantitative estimate of drug-likeness (QED) is 0.636. The van der Waals surface area contributed by atoms with Gasteiger partial charge in [0, 0.05) is 7.11 Å². The predicted molar refractivity (Wildman–Crippen MR) is 83.3 cm³/mol. The number of rotatable bonds is 11. The molecule has 0 aliphatic rings. The van der Waals surface area contributed by atoms with Gasteiger partial charge < -0.3 is 24.3 Å². The SMILES string of the molecule is CCCNC(COCCOC)c1c(OC)cccc1OC. The maximum absolute atomic E-state index is 5.69. The van der Waals surface area contributed by atoms with E-state index in [4.69, 9.17) is 18.9 Å². The largest absolute Gasteiger partial charge is 0.496 e. The van der Waals surface area contributed by atoms with Crippen LogP contribution >= 0.6 is 0 Å². The molecule has 1 rings (SSSR count). The molecule has 0 radical (unpaired) electrons. The van der Waals surface area contributed by atoms with Crippen molar-refractivity contribution in [2.24, 2.45) is 0 Å². The molecule has 0 bridgehead atoms. The van der Waals surface area contributed by atoms with Crippen molar-refractivity contribution < 1.29 is 18.9 Å². The van der Waals surface area contributed by atoms with Crippen molar-refractivity contribution in [3.05, 3.63) is 23.8 Å².